The highest BCUT2D eigenvalue weighted by Gasteiger charge is 2.11. The molecule has 2 aromatic rings. The number of nitrogens with zero attached hydrogens (tertiary/aromatic N) is 1. The van der Waals surface area contributed by atoms with Crippen LogP contribution in [0.2, 0.25) is 5.02 Å². The van der Waals surface area contributed by atoms with Gasteiger partial charge in [-0.2, -0.15) is 0 Å². The fourth-order valence-electron chi connectivity index (χ4n) is 1.42. The first-order valence-electron chi connectivity index (χ1n) is 5.24. The van der Waals surface area contributed by atoms with Crippen LogP contribution in [0.3, 0.4) is 0 Å². The molecule has 0 fully saturated rings. The topological polar surface area (TPSA) is 42.0 Å². The number of hydrogen-bond acceptors (Lipinski definition) is 4. The molecule has 1 aromatic heterocycles. The Labute approximate surface area is 120 Å². The Morgan fingerprint density at radius 2 is 2.33 bits per heavy atom. The zero-order chi connectivity index (χ0) is 13.1. The summed E-state index contributed by atoms with van der Waals surface area (Å²) in [5.74, 6) is -0.219. The van der Waals surface area contributed by atoms with Gasteiger partial charge in [-0.3, -0.25) is 4.79 Å². The molecule has 1 heterocycles. The molecule has 0 saturated carbocycles. The van der Waals surface area contributed by atoms with Gasteiger partial charge in [0.15, 0.2) is 0 Å². The number of thiol groups is 1. The first-order valence-corrected chi connectivity index (χ1v) is 6.88. The maximum absolute atomic E-state index is 11.9. The number of amides is 1. The number of nitrogens with one attached hydrogen (secondary N) is 1. The molecule has 0 bridgehead atoms. The SMILES string of the molecule is Cc1cnc(CNC(=O)c2cc(S)ccc2Cl)s1. The molecule has 0 aliphatic rings. The van der Waals surface area contributed by atoms with Crippen LogP contribution in [0.4, 0.5) is 0 Å². The summed E-state index contributed by atoms with van der Waals surface area (Å²) in [6.07, 6.45) is 1.79. The number of carbonyl (C=O) groups excluding carboxylic acids is 1. The van der Waals surface area contributed by atoms with Crippen LogP contribution in [-0.2, 0) is 6.54 Å². The Bertz CT molecular complexity index is 583. The van der Waals surface area contributed by atoms with Gasteiger partial charge in [-0.05, 0) is 25.1 Å². The van der Waals surface area contributed by atoms with Crippen molar-refractivity contribution in [2.75, 3.05) is 0 Å². The minimum Gasteiger partial charge on any atom is -0.345 e. The van der Waals surface area contributed by atoms with Crippen molar-refractivity contribution in [3.63, 3.8) is 0 Å². The van der Waals surface area contributed by atoms with Crippen LogP contribution >= 0.6 is 35.6 Å². The van der Waals surface area contributed by atoms with Gasteiger partial charge in [-0.25, -0.2) is 4.98 Å². The van der Waals surface area contributed by atoms with E-state index < -0.39 is 0 Å². The van der Waals surface area contributed by atoms with Crippen LogP contribution in [0.15, 0.2) is 29.3 Å². The summed E-state index contributed by atoms with van der Waals surface area (Å²) in [6.45, 7) is 2.38. The number of aryl methyl sites for hydroxylation is 1. The van der Waals surface area contributed by atoms with Gasteiger partial charge in [0.05, 0.1) is 17.1 Å². The first kappa shape index (κ1) is 13.4. The third-order valence-corrected chi connectivity index (χ3v) is 3.78. The van der Waals surface area contributed by atoms with Crippen molar-refractivity contribution in [2.24, 2.45) is 0 Å². The largest absolute Gasteiger partial charge is 0.345 e. The molecule has 94 valence electrons. The first-order chi connectivity index (χ1) is 8.56. The highest BCUT2D eigenvalue weighted by Crippen LogP contribution is 2.19. The van der Waals surface area contributed by atoms with E-state index >= 15 is 0 Å². The molecular formula is C12H11ClN2OS2. The molecule has 1 aromatic carbocycles. The maximum atomic E-state index is 11.9. The molecule has 0 atom stereocenters. The minimum atomic E-state index is -0.219. The van der Waals surface area contributed by atoms with E-state index in [9.17, 15) is 4.79 Å². The summed E-state index contributed by atoms with van der Waals surface area (Å²) in [7, 11) is 0. The van der Waals surface area contributed by atoms with Crippen molar-refractivity contribution >= 4 is 41.5 Å². The molecule has 0 unspecified atom stereocenters. The van der Waals surface area contributed by atoms with E-state index in [2.05, 4.69) is 22.9 Å². The van der Waals surface area contributed by atoms with E-state index in [4.69, 9.17) is 11.6 Å². The van der Waals surface area contributed by atoms with Crippen LogP contribution in [-0.4, -0.2) is 10.9 Å². The average Bonchev–Trinajstić information content (AvgIpc) is 2.75. The van der Waals surface area contributed by atoms with Crippen molar-refractivity contribution in [3.05, 3.63) is 44.9 Å². The number of halogens is 1. The fraction of sp³-hybridized carbons (Fsp3) is 0.167. The van der Waals surface area contributed by atoms with E-state index in [0.717, 1.165) is 9.88 Å². The van der Waals surface area contributed by atoms with Crippen molar-refractivity contribution in [1.29, 1.82) is 0 Å². The summed E-state index contributed by atoms with van der Waals surface area (Å²) in [6, 6.07) is 5.05. The summed E-state index contributed by atoms with van der Waals surface area (Å²) in [4.78, 5) is 17.9. The number of rotatable bonds is 3. The standard InChI is InChI=1S/C12H11ClN2OS2/c1-7-5-14-11(18-7)6-15-12(16)9-4-8(17)2-3-10(9)13/h2-5,17H,6H2,1H3,(H,15,16). The van der Waals surface area contributed by atoms with E-state index in [-0.39, 0.29) is 5.91 Å². The smallest absolute Gasteiger partial charge is 0.253 e. The molecule has 0 aliphatic carbocycles. The van der Waals surface area contributed by atoms with Gasteiger partial charge in [0.1, 0.15) is 5.01 Å². The van der Waals surface area contributed by atoms with Crippen molar-refractivity contribution in [3.8, 4) is 0 Å². The molecule has 2 rings (SSSR count). The van der Waals surface area contributed by atoms with Crippen molar-refractivity contribution < 1.29 is 4.79 Å². The zero-order valence-electron chi connectivity index (χ0n) is 9.61. The molecule has 3 nitrogen and oxygen atoms in total. The zero-order valence-corrected chi connectivity index (χ0v) is 12.1. The quantitative estimate of drug-likeness (QED) is 0.854. The molecule has 0 radical (unpaired) electrons. The van der Waals surface area contributed by atoms with Gasteiger partial charge in [-0.1, -0.05) is 11.6 Å². The van der Waals surface area contributed by atoms with Crippen LogP contribution in [0, 0.1) is 6.92 Å². The van der Waals surface area contributed by atoms with E-state index in [1.54, 1.807) is 35.7 Å². The van der Waals surface area contributed by atoms with Gasteiger partial charge in [0.25, 0.3) is 5.91 Å². The second-order valence-electron chi connectivity index (χ2n) is 3.71. The number of hydrogen-bond donors (Lipinski definition) is 2. The second-order valence-corrected chi connectivity index (χ2v) is 5.95. The monoisotopic (exact) mass is 298 g/mol. The second kappa shape index (κ2) is 5.73. The molecule has 1 amide bonds. The molecule has 1 N–H and O–H groups in total. The third kappa shape index (κ3) is 3.25. The Hall–Kier alpha value is -1.04. The normalized spacial score (nSPS) is 10.4. The van der Waals surface area contributed by atoms with E-state index in [1.807, 2.05) is 6.92 Å². The number of thiazole rings is 1. The lowest BCUT2D eigenvalue weighted by atomic mass is 10.2. The molecule has 0 aliphatic heterocycles. The predicted molar refractivity (Wildman–Crippen MR) is 76.7 cm³/mol. The van der Waals surface area contributed by atoms with Crippen LogP contribution in [0.1, 0.15) is 20.2 Å². The van der Waals surface area contributed by atoms with E-state index in [0.29, 0.717) is 22.0 Å². The van der Waals surface area contributed by atoms with Crippen LogP contribution in [0.5, 0.6) is 0 Å². The number of benzene rings is 1. The molecule has 0 spiro atoms. The predicted octanol–water partition coefficient (Wildman–Crippen LogP) is 3.32. The lowest BCUT2D eigenvalue weighted by molar-refractivity contribution is 0.0951. The summed E-state index contributed by atoms with van der Waals surface area (Å²) < 4.78 is 0. The van der Waals surface area contributed by atoms with Gasteiger partial charge in [0.2, 0.25) is 0 Å². The Kier molecular flexibility index (Phi) is 4.27. The van der Waals surface area contributed by atoms with Crippen LogP contribution in [0.25, 0.3) is 0 Å². The molecule has 6 heteroatoms. The van der Waals surface area contributed by atoms with Gasteiger partial charge >= 0.3 is 0 Å². The highest BCUT2D eigenvalue weighted by atomic mass is 35.5. The van der Waals surface area contributed by atoms with Gasteiger partial charge < -0.3 is 5.32 Å². The Balaban J connectivity index is 2.05. The maximum Gasteiger partial charge on any atom is 0.253 e. The number of carbonyl (C=O) groups is 1. The number of aromatic nitrogens is 1. The average molecular weight is 299 g/mol. The lowest BCUT2D eigenvalue weighted by Gasteiger charge is -2.05. The van der Waals surface area contributed by atoms with E-state index in [1.165, 1.54) is 0 Å². The van der Waals surface area contributed by atoms with Gasteiger partial charge in [0, 0.05) is 16.0 Å². The molecule has 0 saturated heterocycles. The summed E-state index contributed by atoms with van der Waals surface area (Å²) >= 11 is 11.7. The Morgan fingerprint density at radius 1 is 1.56 bits per heavy atom. The fourth-order valence-corrected chi connectivity index (χ4v) is 2.56. The van der Waals surface area contributed by atoms with Crippen LogP contribution < -0.4 is 5.32 Å². The van der Waals surface area contributed by atoms with Crippen molar-refractivity contribution in [1.82, 2.24) is 10.3 Å². The lowest BCUT2D eigenvalue weighted by Crippen LogP contribution is -2.23. The third-order valence-electron chi connectivity index (χ3n) is 2.26. The molecule has 18 heavy (non-hydrogen) atoms. The minimum absolute atomic E-state index is 0.219. The summed E-state index contributed by atoms with van der Waals surface area (Å²) in [5.41, 5.74) is 0.428. The molecular weight excluding hydrogens is 288 g/mol. The van der Waals surface area contributed by atoms with Gasteiger partial charge in [-0.15, -0.1) is 24.0 Å². The summed E-state index contributed by atoms with van der Waals surface area (Å²) in [5, 5.41) is 4.08. The van der Waals surface area contributed by atoms with Crippen molar-refractivity contribution in [2.45, 2.75) is 18.4 Å². The Morgan fingerprint density at radius 3 is 3.00 bits per heavy atom. The highest BCUT2D eigenvalue weighted by molar-refractivity contribution is 7.80.